The first-order chi connectivity index (χ1) is 7.20. The van der Waals surface area contributed by atoms with Crippen LogP contribution in [0.25, 0.3) is 0 Å². The van der Waals surface area contributed by atoms with Gasteiger partial charge in [-0.1, -0.05) is 19.1 Å². The molecule has 1 saturated heterocycles. The summed E-state index contributed by atoms with van der Waals surface area (Å²) in [5.41, 5.74) is 0. The van der Waals surface area contributed by atoms with Crippen molar-refractivity contribution in [3.8, 4) is 0 Å². The molecule has 0 spiro atoms. The molecule has 15 heavy (non-hydrogen) atoms. The van der Waals surface area contributed by atoms with E-state index < -0.39 is 12.2 Å². The van der Waals surface area contributed by atoms with E-state index in [2.05, 4.69) is 0 Å². The smallest absolute Gasteiger partial charge is 0.335 e. The molecule has 84 valence electrons. The van der Waals surface area contributed by atoms with Crippen molar-refractivity contribution in [2.75, 3.05) is 6.61 Å². The molecule has 4 atom stereocenters. The van der Waals surface area contributed by atoms with Crippen molar-refractivity contribution in [3.05, 3.63) is 12.2 Å². The molecule has 2 bridgehead atoms. The normalized spacial score (nSPS) is 34.4. The lowest BCUT2D eigenvalue weighted by atomic mass is 10.0. The molecular weight excluding hydrogens is 196 g/mol. The molecule has 0 aromatic heterocycles. The van der Waals surface area contributed by atoms with Gasteiger partial charge in [0, 0.05) is 5.92 Å². The zero-order valence-electron chi connectivity index (χ0n) is 8.76. The second kappa shape index (κ2) is 4.33. The van der Waals surface area contributed by atoms with E-state index in [0.717, 1.165) is 6.42 Å². The fourth-order valence-electron chi connectivity index (χ4n) is 1.92. The third-order valence-electron chi connectivity index (χ3n) is 2.91. The quantitative estimate of drug-likeness (QED) is 0.549. The van der Waals surface area contributed by atoms with Gasteiger partial charge in [0.25, 0.3) is 0 Å². The van der Waals surface area contributed by atoms with E-state index in [9.17, 15) is 9.90 Å². The van der Waals surface area contributed by atoms with Crippen LogP contribution in [0.1, 0.15) is 19.8 Å². The lowest BCUT2D eigenvalue weighted by Crippen LogP contribution is -2.32. The number of aliphatic hydroxyl groups is 1. The summed E-state index contributed by atoms with van der Waals surface area (Å²) in [6.07, 6.45) is 4.53. The molecule has 1 aliphatic carbocycles. The van der Waals surface area contributed by atoms with Crippen LogP contribution in [0, 0.1) is 5.92 Å². The van der Waals surface area contributed by atoms with Crippen LogP contribution in [-0.4, -0.2) is 36.0 Å². The van der Waals surface area contributed by atoms with Gasteiger partial charge in [0.05, 0.1) is 12.2 Å². The van der Waals surface area contributed by atoms with Crippen molar-refractivity contribution in [3.63, 3.8) is 0 Å². The van der Waals surface area contributed by atoms with Crippen molar-refractivity contribution >= 4 is 5.97 Å². The zero-order chi connectivity index (χ0) is 10.8. The van der Waals surface area contributed by atoms with Gasteiger partial charge in [-0.3, -0.25) is 0 Å². The number of fused-ring (bicyclic) bond motifs is 2. The molecule has 1 fully saturated rings. The van der Waals surface area contributed by atoms with Gasteiger partial charge in [-0.25, -0.2) is 4.79 Å². The summed E-state index contributed by atoms with van der Waals surface area (Å²) >= 11 is 0. The molecular formula is C11H16O4. The third kappa shape index (κ3) is 2.21. The maximum Gasteiger partial charge on any atom is 0.335 e. The number of hydrogen-bond donors (Lipinski definition) is 1. The molecule has 0 amide bonds. The fourth-order valence-corrected chi connectivity index (χ4v) is 1.92. The number of carbonyl (C=O) groups is 1. The molecule has 2 aliphatic rings. The Morgan fingerprint density at radius 1 is 1.67 bits per heavy atom. The lowest BCUT2D eigenvalue weighted by Gasteiger charge is -2.18. The third-order valence-corrected chi connectivity index (χ3v) is 2.91. The molecule has 2 rings (SSSR count). The van der Waals surface area contributed by atoms with E-state index in [1.807, 2.05) is 19.1 Å². The first kappa shape index (κ1) is 10.6. The van der Waals surface area contributed by atoms with Crippen LogP contribution in [0.2, 0.25) is 0 Å². The van der Waals surface area contributed by atoms with Crippen LogP contribution >= 0.6 is 0 Å². The fraction of sp³-hybridized carbons (Fsp3) is 0.727. The monoisotopic (exact) mass is 212 g/mol. The van der Waals surface area contributed by atoms with Gasteiger partial charge < -0.3 is 14.6 Å². The number of esters is 1. The highest BCUT2D eigenvalue weighted by Crippen LogP contribution is 2.34. The van der Waals surface area contributed by atoms with Crippen LogP contribution < -0.4 is 0 Å². The number of ether oxygens (including phenoxy) is 2. The average molecular weight is 212 g/mol. The van der Waals surface area contributed by atoms with Gasteiger partial charge in [-0.2, -0.15) is 0 Å². The molecule has 0 saturated carbocycles. The van der Waals surface area contributed by atoms with Crippen molar-refractivity contribution < 1.29 is 19.4 Å². The molecule has 1 aliphatic heterocycles. The predicted octanol–water partition coefficient (Wildman–Crippen LogP) is 0.644. The number of hydrogen-bond acceptors (Lipinski definition) is 4. The number of rotatable bonds is 4. The topological polar surface area (TPSA) is 55.8 Å². The Balaban J connectivity index is 1.80. The predicted molar refractivity (Wildman–Crippen MR) is 53.2 cm³/mol. The summed E-state index contributed by atoms with van der Waals surface area (Å²) < 4.78 is 10.4. The molecule has 1 heterocycles. The Labute approximate surface area is 88.9 Å². The summed E-state index contributed by atoms with van der Waals surface area (Å²) in [4.78, 5) is 11.6. The van der Waals surface area contributed by atoms with Crippen molar-refractivity contribution in [2.24, 2.45) is 5.92 Å². The second-order valence-corrected chi connectivity index (χ2v) is 4.07. The maximum atomic E-state index is 11.6. The Morgan fingerprint density at radius 3 is 3.00 bits per heavy atom. The van der Waals surface area contributed by atoms with E-state index in [1.54, 1.807) is 0 Å². The minimum Gasteiger partial charge on any atom is -0.461 e. The number of carbonyl (C=O) groups excluding carboxylic acids is 1. The first-order valence-electron chi connectivity index (χ1n) is 5.39. The summed E-state index contributed by atoms with van der Waals surface area (Å²) in [5, 5.41) is 9.25. The lowest BCUT2D eigenvalue weighted by molar-refractivity contribution is -0.160. The van der Waals surface area contributed by atoms with E-state index >= 15 is 0 Å². The van der Waals surface area contributed by atoms with Crippen LogP contribution in [-0.2, 0) is 14.3 Å². The van der Waals surface area contributed by atoms with Crippen LogP contribution in [0.4, 0.5) is 0 Å². The minimum absolute atomic E-state index is 0.0658. The Bertz CT molecular complexity index is 274. The Kier molecular flexibility index (Phi) is 3.07. The standard InChI is InChI=1S/C11H16O4/c1-2-8(12)6-14-11(13)10-7-3-4-9(5-7)15-10/h3-4,7-10,12H,2,5-6H2,1H3. The Hall–Kier alpha value is -0.870. The van der Waals surface area contributed by atoms with E-state index in [0.29, 0.717) is 6.42 Å². The van der Waals surface area contributed by atoms with Crippen molar-refractivity contribution in [2.45, 2.75) is 38.1 Å². The molecule has 4 nitrogen and oxygen atoms in total. The first-order valence-corrected chi connectivity index (χ1v) is 5.39. The van der Waals surface area contributed by atoms with Crippen molar-refractivity contribution in [1.82, 2.24) is 0 Å². The zero-order valence-corrected chi connectivity index (χ0v) is 8.76. The van der Waals surface area contributed by atoms with Gasteiger partial charge >= 0.3 is 5.97 Å². The molecule has 0 radical (unpaired) electrons. The maximum absolute atomic E-state index is 11.6. The van der Waals surface area contributed by atoms with E-state index in [1.165, 1.54) is 0 Å². The van der Waals surface area contributed by atoms with Gasteiger partial charge in [0.15, 0.2) is 6.10 Å². The van der Waals surface area contributed by atoms with Gasteiger partial charge in [-0.15, -0.1) is 0 Å². The highest BCUT2D eigenvalue weighted by Gasteiger charge is 2.42. The summed E-state index contributed by atoms with van der Waals surface area (Å²) in [5.74, 6) is -0.180. The van der Waals surface area contributed by atoms with Gasteiger partial charge in [-0.05, 0) is 12.8 Å². The molecule has 1 N–H and O–H groups in total. The van der Waals surface area contributed by atoms with Crippen LogP contribution in [0.15, 0.2) is 12.2 Å². The SMILES string of the molecule is CCC(O)COC(=O)C1OC2C=CC1C2. The molecule has 4 unspecified atom stereocenters. The van der Waals surface area contributed by atoms with Crippen LogP contribution in [0.3, 0.4) is 0 Å². The minimum atomic E-state index is -0.567. The summed E-state index contributed by atoms with van der Waals surface area (Å²) in [6.45, 7) is 1.91. The summed E-state index contributed by atoms with van der Waals surface area (Å²) in [7, 11) is 0. The van der Waals surface area contributed by atoms with Gasteiger partial charge in [0.2, 0.25) is 0 Å². The van der Waals surface area contributed by atoms with Crippen molar-refractivity contribution in [1.29, 1.82) is 0 Å². The van der Waals surface area contributed by atoms with E-state index in [-0.39, 0.29) is 24.6 Å². The van der Waals surface area contributed by atoms with Crippen LogP contribution in [0.5, 0.6) is 0 Å². The van der Waals surface area contributed by atoms with E-state index in [4.69, 9.17) is 9.47 Å². The van der Waals surface area contributed by atoms with Gasteiger partial charge in [0.1, 0.15) is 6.61 Å². The average Bonchev–Trinajstić information content (AvgIpc) is 2.86. The molecule has 4 heteroatoms. The second-order valence-electron chi connectivity index (χ2n) is 4.07. The highest BCUT2D eigenvalue weighted by atomic mass is 16.6. The number of aliphatic hydroxyl groups excluding tert-OH is 1. The largest absolute Gasteiger partial charge is 0.461 e. The molecule has 0 aromatic rings. The summed E-state index contributed by atoms with van der Waals surface area (Å²) in [6, 6.07) is 0. The highest BCUT2D eigenvalue weighted by molar-refractivity contribution is 5.76. The molecule has 0 aromatic carbocycles. The Morgan fingerprint density at radius 2 is 2.47 bits per heavy atom.